The summed E-state index contributed by atoms with van der Waals surface area (Å²) in [4.78, 5) is 21.2. The lowest BCUT2D eigenvalue weighted by atomic mass is 10.2. The topological polar surface area (TPSA) is 92.5 Å². The summed E-state index contributed by atoms with van der Waals surface area (Å²) in [6.45, 7) is 3.44. The standard InChI is InChI=1S/C11H11ClN2O4/c1-2-4-9(11(15)16)13-8-6-3-5-7(12)10(8)14(17)18/h2-3,5-6,9,13H,1,4H2,(H,15,16). The molecule has 0 aliphatic carbocycles. The number of carboxylic acids is 1. The van der Waals surface area contributed by atoms with E-state index < -0.39 is 16.9 Å². The second-order valence-electron chi connectivity index (χ2n) is 3.45. The van der Waals surface area contributed by atoms with Crippen molar-refractivity contribution in [3.63, 3.8) is 0 Å². The highest BCUT2D eigenvalue weighted by molar-refractivity contribution is 6.33. The zero-order valence-electron chi connectivity index (χ0n) is 9.30. The largest absolute Gasteiger partial charge is 0.480 e. The van der Waals surface area contributed by atoms with Gasteiger partial charge in [-0.3, -0.25) is 10.1 Å². The highest BCUT2D eigenvalue weighted by atomic mass is 35.5. The van der Waals surface area contributed by atoms with Gasteiger partial charge in [0.15, 0.2) is 0 Å². The monoisotopic (exact) mass is 270 g/mol. The second kappa shape index (κ2) is 6.02. The Bertz CT molecular complexity index is 490. The summed E-state index contributed by atoms with van der Waals surface area (Å²) in [5.74, 6) is -1.12. The zero-order chi connectivity index (χ0) is 13.7. The minimum atomic E-state index is -1.12. The number of nitrogens with zero attached hydrogens (tertiary/aromatic N) is 1. The van der Waals surface area contributed by atoms with Crippen LogP contribution in [0.5, 0.6) is 0 Å². The molecule has 1 aromatic carbocycles. The lowest BCUT2D eigenvalue weighted by molar-refractivity contribution is -0.383. The third-order valence-corrected chi connectivity index (χ3v) is 2.50. The SMILES string of the molecule is C=CCC(Nc1cccc(Cl)c1[N+](=O)[O-])C(=O)O. The maximum atomic E-state index is 10.9. The van der Waals surface area contributed by atoms with E-state index in [2.05, 4.69) is 11.9 Å². The summed E-state index contributed by atoms with van der Waals surface area (Å²) < 4.78 is 0. The number of anilines is 1. The molecular formula is C11H11ClN2O4. The Morgan fingerprint density at radius 1 is 1.67 bits per heavy atom. The number of nitro benzene ring substituents is 1. The van der Waals surface area contributed by atoms with Crippen molar-refractivity contribution in [3.8, 4) is 0 Å². The first kappa shape index (κ1) is 14.0. The molecule has 7 heteroatoms. The van der Waals surface area contributed by atoms with E-state index in [0.717, 1.165) is 0 Å². The maximum Gasteiger partial charge on any atom is 0.326 e. The summed E-state index contributed by atoms with van der Waals surface area (Å²) in [7, 11) is 0. The summed E-state index contributed by atoms with van der Waals surface area (Å²) in [5, 5.41) is 22.3. The number of nitrogens with one attached hydrogen (secondary N) is 1. The van der Waals surface area contributed by atoms with Crippen LogP contribution in [0.1, 0.15) is 6.42 Å². The molecule has 0 fully saturated rings. The molecule has 0 saturated heterocycles. The first-order valence-electron chi connectivity index (χ1n) is 5.00. The zero-order valence-corrected chi connectivity index (χ0v) is 10.1. The first-order valence-corrected chi connectivity index (χ1v) is 5.38. The molecule has 1 rings (SSSR count). The predicted molar refractivity (Wildman–Crippen MR) is 68.0 cm³/mol. The molecule has 18 heavy (non-hydrogen) atoms. The normalized spacial score (nSPS) is 11.6. The van der Waals surface area contributed by atoms with Crippen molar-refractivity contribution < 1.29 is 14.8 Å². The van der Waals surface area contributed by atoms with Crippen LogP contribution in [-0.4, -0.2) is 22.0 Å². The molecule has 96 valence electrons. The number of carboxylic acid groups (broad SMARTS) is 1. The fraction of sp³-hybridized carbons (Fsp3) is 0.182. The second-order valence-corrected chi connectivity index (χ2v) is 3.86. The van der Waals surface area contributed by atoms with E-state index in [1.54, 1.807) is 0 Å². The quantitative estimate of drug-likeness (QED) is 0.471. The van der Waals surface area contributed by atoms with Crippen LogP contribution in [0.3, 0.4) is 0 Å². The third kappa shape index (κ3) is 3.21. The van der Waals surface area contributed by atoms with Gasteiger partial charge in [0, 0.05) is 0 Å². The minimum absolute atomic E-state index is 0.0484. The fourth-order valence-electron chi connectivity index (χ4n) is 1.39. The van der Waals surface area contributed by atoms with Crippen molar-refractivity contribution in [1.82, 2.24) is 0 Å². The number of para-hydroxylation sites is 1. The number of halogens is 1. The van der Waals surface area contributed by atoms with Crippen molar-refractivity contribution in [3.05, 3.63) is 46.0 Å². The molecule has 0 saturated carbocycles. The van der Waals surface area contributed by atoms with Gasteiger partial charge in [-0.15, -0.1) is 6.58 Å². The van der Waals surface area contributed by atoms with Gasteiger partial charge in [-0.05, 0) is 18.6 Å². The van der Waals surface area contributed by atoms with Gasteiger partial charge in [-0.2, -0.15) is 0 Å². The Balaban J connectivity index is 3.09. The van der Waals surface area contributed by atoms with Gasteiger partial charge in [-0.25, -0.2) is 4.79 Å². The summed E-state index contributed by atoms with van der Waals surface area (Å²) in [5.41, 5.74) is -0.267. The Morgan fingerprint density at radius 3 is 2.83 bits per heavy atom. The molecule has 0 aliphatic rings. The average molecular weight is 271 g/mol. The van der Waals surface area contributed by atoms with Gasteiger partial charge >= 0.3 is 11.7 Å². The maximum absolute atomic E-state index is 10.9. The number of aliphatic carboxylic acids is 1. The van der Waals surface area contributed by atoms with E-state index in [9.17, 15) is 14.9 Å². The van der Waals surface area contributed by atoms with E-state index in [1.807, 2.05) is 0 Å². The van der Waals surface area contributed by atoms with Crippen molar-refractivity contribution >= 4 is 28.9 Å². The Kier molecular flexibility index (Phi) is 4.67. The molecule has 0 amide bonds. The van der Waals surface area contributed by atoms with Gasteiger partial charge in [0.05, 0.1) is 4.92 Å². The molecule has 1 unspecified atom stereocenters. The van der Waals surface area contributed by atoms with E-state index in [4.69, 9.17) is 16.7 Å². The molecule has 1 atom stereocenters. The Labute approximate surface area is 108 Å². The molecular weight excluding hydrogens is 260 g/mol. The highest BCUT2D eigenvalue weighted by Crippen LogP contribution is 2.32. The van der Waals surface area contributed by atoms with Crippen LogP contribution < -0.4 is 5.32 Å². The van der Waals surface area contributed by atoms with Crippen LogP contribution in [0, 0.1) is 10.1 Å². The van der Waals surface area contributed by atoms with E-state index >= 15 is 0 Å². The molecule has 6 nitrogen and oxygen atoms in total. The predicted octanol–water partition coefficient (Wildman–Crippen LogP) is 2.69. The number of carbonyl (C=O) groups is 1. The van der Waals surface area contributed by atoms with Crippen LogP contribution in [0.25, 0.3) is 0 Å². The van der Waals surface area contributed by atoms with Crippen LogP contribution in [0.15, 0.2) is 30.9 Å². The Morgan fingerprint density at radius 2 is 2.33 bits per heavy atom. The molecule has 0 spiro atoms. The number of hydrogen-bond acceptors (Lipinski definition) is 4. The van der Waals surface area contributed by atoms with Crippen LogP contribution >= 0.6 is 11.6 Å². The molecule has 0 aliphatic heterocycles. The van der Waals surface area contributed by atoms with Crippen LogP contribution in [-0.2, 0) is 4.79 Å². The van der Waals surface area contributed by atoms with Crippen LogP contribution in [0.4, 0.5) is 11.4 Å². The average Bonchev–Trinajstić information content (AvgIpc) is 2.27. The number of rotatable bonds is 6. The summed E-state index contributed by atoms with van der Waals surface area (Å²) >= 11 is 5.72. The third-order valence-electron chi connectivity index (χ3n) is 2.20. The number of hydrogen-bond donors (Lipinski definition) is 2. The fourth-order valence-corrected chi connectivity index (χ4v) is 1.64. The molecule has 0 radical (unpaired) electrons. The lowest BCUT2D eigenvalue weighted by Crippen LogP contribution is -2.28. The van der Waals surface area contributed by atoms with Gasteiger partial charge in [0.1, 0.15) is 16.8 Å². The lowest BCUT2D eigenvalue weighted by Gasteiger charge is -2.14. The summed E-state index contributed by atoms with van der Waals surface area (Å²) in [6.07, 6.45) is 1.56. The minimum Gasteiger partial charge on any atom is -0.480 e. The molecule has 0 bridgehead atoms. The van der Waals surface area contributed by atoms with Crippen molar-refractivity contribution in [2.45, 2.75) is 12.5 Å². The van der Waals surface area contributed by atoms with E-state index in [-0.39, 0.29) is 22.8 Å². The highest BCUT2D eigenvalue weighted by Gasteiger charge is 2.23. The van der Waals surface area contributed by atoms with Gasteiger partial charge in [0.2, 0.25) is 0 Å². The van der Waals surface area contributed by atoms with Gasteiger partial charge in [-0.1, -0.05) is 23.7 Å². The first-order chi connectivity index (χ1) is 8.47. The van der Waals surface area contributed by atoms with E-state index in [0.29, 0.717) is 0 Å². The Hall–Kier alpha value is -2.08. The molecule has 0 aromatic heterocycles. The van der Waals surface area contributed by atoms with Crippen LogP contribution in [0.2, 0.25) is 5.02 Å². The number of benzene rings is 1. The summed E-state index contributed by atoms with van der Waals surface area (Å²) in [6, 6.07) is 3.29. The number of nitro groups is 1. The molecule has 0 heterocycles. The molecule has 1 aromatic rings. The van der Waals surface area contributed by atoms with Crippen molar-refractivity contribution in [1.29, 1.82) is 0 Å². The molecule has 2 N–H and O–H groups in total. The van der Waals surface area contributed by atoms with E-state index in [1.165, 1.54) is 24.3 Å². The van der Waals surface area contributed by atoms with Gasteiger partial charge < -0.3 is 10.4 Å². The smallest absolute Gasteiger partial charge is 0.326 e. The van der Waals surface area contributed by atoms with Gasteiger partial charge in [0.25, 0.3) is 0 Å². The van der Waals surface area contributed by atoms with Crippen molar-refractivity contribution in [2.24, 2.45) is 0 Å². The van der Waals surface area contributed by atoms with Crippen molar-refractivity contribution in [2.75, 3.05) is 5.32 Å².